The van der Waals surface area contributed by atoms with E-state index in [0.29, 0.717) is 5.13 Å². The van der Waals surface area contributed by atoms with Gasteiger partial charge in [-0.25, -0.2) is 15.0 Å². The Balaban J connectivity index is 1.59. The molecule has 0 aliphatic carbocycles. The summed E-state index contributed by atoms with van der Waals surface area (Å²) in [5, 5.41) is 3.47. The fraction of sp³-hybridized carbons (Fsp3) is 0.0476. The lowest BCUT2D eigenvalue weighted by Crippen LogP contribution is -2.22. The maximum absolute atomic E-state index is 13.1. The average molecular weight is 387 g/mol. The SMILES string of the molecule is Nc1ncc(-c2cnc(NC(=O)C(c3ccccc3)c3ccccc3)s2)cn1. The molecule has 1 amide bonds. The van der Waals surface area contributed by atoms with Crippen LogP contribution in [0.2, 0.25) is 0 Å². The van der Waals surface area contributed by atoms with E-state index in [-0.39, 0.29) is 11.9 Å². The fourth-order valence-corrected chi connectivity index (χ4v) is 3.69. The zero-order valence-corrected chi connectivity index (χ0v) is 15.6. The highest BCUT2D eigenvalue weighted by Gasteiger charge is 2.23. The number of benzene rings is 2. The number of nitrogens with two attached hydrogens (primary N) is 1. The van der Waals surface area contributed by atoms with Gasteiger partial charge in [0.1, 0.15) is 0 Å². The minimum Gasteiger partial charge on any atom is -0.368 e. The Hall–Kier alpha value is -3.58. The third-order valence-corrected chi connectivity index (χ3v) is 5.18. The van der Waals surface area contributed by atoms with E-state index in [2.05, 4.69) is 20.3 Å². The van der Waals surface area contributed by atoms with Crippen LogP contribution in [0, 0.1) is 0 Å². The molecule has 0 atom stereocenters. The Kier molecular flexibility index (Phi) is 5.07. The number of rotatable bonds is 5. The highest BCUT2D eigenvalue weighted by atomic mass is 32.1. The van der Waals surface area contributed by atoms with Crippen LogP contribution in [0.25, 0.3) is 10.4 Å². The van der Waals surface area contributed by atoms with E-state index in [4.69, 9.17) is 5.73 Å². The van der Waals surface area contributed by atoms with E-state index < -0.39 is 5.92 Å². The molecule has 0 saturated heterocycles. The van der Waals surface area contributed by atoms with E-state index in [1.807, 2.05) is 60.7 Å². The molecule has 0 aliphatic heterocycles. The molecule has 3 N–H and O–H groups in total. The Bertz CT molecular complexity index is 1030. The molecular weight excluding hydrogens is 370 g/mol. The van der Waals surface area contributed by atoms with Crippen molar-refractivity contribution in [2.24, 2.45) is 0 Å². The fourth-order valence-electron chi connectivity index (χ4n) is 2.89. The molecule has 2 heterocycles. The van der Waals surface area contributed by atoms with Gasteiger partial charge >= 0.3 is 0 Å². The van der Waals surface area contributed by atoms with Crippen molar-refractivity contribution in [2.75, 3.05) is 11.1 Å². The van der Waals surface area contributed by atoms with E-state index in [1.54, 1.807) is 18.6 Å². The topological polar surface area (TPSA) is 93.8 Å². The number of hydrogen-bond acceptors (Lipinski definition) is 6. The third-order valence-electron chi connectivity index (χ3n) is 4.22. The standard InChI is InChI=1S/C21H17N5OS/c22-20-23-11-16(12-24-20)17-13-25-21(28-17)26-19(27)18(14-7-3-1-4-8-14)15-9-5-2-6-10-15/h1-13,18H,(H2,22,23,24)(H,25,26,27). The first-order valence-corrected chi connectivity index (χ1v) is 9.47. The van der Waals surface area contributed by atoms with Crippen molar-refractivity contribution in [3.05, 3.63) is 90.4 Å². The highest BCUT2D eigenvalue weighted by molar-refractivity contribution is 7.19. The minimum atomic E-state index is -0.422. The number of nitrogens with one attached hydrogen (secondary N) is 1. The molecule has 0 unspecified atom stereocenters. The zero-order chi connectivity index (χ0) is 19.3. The van der Waals surface area contributed by atoms with Gasteiger partial charge in [-0.2, -0.15) is 0 Å². The molecule has 6 nitrogen and oxygen atoms in total. The summed E-state index contributed by atoms with van der Waals surface area (Å²) in [4.78, 5) is 26.3. The van der Waals surface area contributed by atoms with Gasteiger partial charge in [-0.3, -0.25) is 4.79 Å². The van der Waals surface area contributed by atoms with Gasteiger partial charge < -0.3 is 11.1 Å². The summed E-state index contributed by atoms with van der Waals surface area (Å²) in [5.41, 5.74) is 8.18. The summed E-state index contributed by atoms with van der Waals surface area (Å²) in [6.07, 6.45) is 4.96. The van der Waals surface area contributed by atoms with Crippen LogP contribution in [-0.4, -0.2) is 20.9 Å². The number of aromatic nitrogens is 3. The molecule has 7 heteroatoms. The van der Waals surface area contributed by atoms with Crippen LogP contribution >= 0.6 is 11.3 Å². The molecule has 4 aromatic rings. The Morgan fingerprint density at radius 3 is 2.00 bits per heavy atom. The maximum atomic E-state index is 13.1. The molecule has 0 radical (unpaired) electrons. The molecule has 0 aliphatic rings. The van der Waals surface area contributed by atoms with Crippen LogP contribution in [0.4, 0.5) is 11.1 Å². The average Bonchev–Trinajstić information content (AvgIpc) is 3.19. The zero-order valence-electron chi connectivity index (χ0n) is 14.8. The molecule has 138 valence electrons. The first-order valence-electron chi connectivity index (χ1n) is 8.65. The number of hydrogen-bond donors (Lipinski definition) is 2. The number of carbonyl (C=O) groups is 1. The number of thiazole rings is 1. The molecule has 2 aromatic carbocycles. The Morgan fingerprint density at radius 2 is 1.43 bits per heavy atom. The normalized spacial score (nSPS) is 10.8. The lowest BCUT2D eigenvalue weighted by Gasteiger charge is -2.17. The van der Waals surface area contributed by atoms with Crippen LogP contribution in [0.5, 0.6) is 0 Å². The van der Waals surface area contributed by atoms with Crippen molar-refractivity contribution < 1.29 is 4.79 Å². The van der Waals surface area contributed by atoms with Crippen LogP contribution in [0.1, 0.15) is 17.0 Å². The number of anilines is 2. The molecule has 0 bridgehead atoms. The van der Waals surface area contributed by atoms with Gasteiger partial charge in [0.25, 0.3) is 0 Å². The van der Waals surface area contributed by atoms with Crippen molar-refractivity contribution in [3.8, 4) is 10.4 Å². The van der Waals surface area contributed by atoms with Crippen LogP contribution in [-0.2, 0) is 4.79 Å². The quantitative estimate of drug-likeness (QED) is 0.541. The second kappa shape index (κ2) is 7.98. The number of nitrogen functional groups attached to an aromatic ring is 1. The minimum absolute atomic E-state index is 0.133. The van der Waals surface area contributed by atoms with Crippen molar-refractivity contribution in [1.82, 2.24) is 15.0 Å². The van der Waals surface area contributed by atoms with Gasteiger partial charge in [-0.05, 0) is 11.1 Å². The monoisotopic (exact) mass is 387 g/mol. The summed E-state index contributed by atoms with van der Waals surface area (Å²) >= 11 is 1.36. The number of carbonyl (C=O) groups excluding carboxylic acids is 1. The van der Waals surface area contributed by atoms with E-state index in [1.165, 1.54) is 11.3 Å². The molecular formula is C21H17N5OS. The molecule has 0 spiro atoms. The van der Waals surface area contributed by atoms with Crippen molar-refractivity contribution in [2.45, 2.75) is 5.92 Å². The highest BCUT2D eigenvalue weighted by Crippen LogP contribution is 2.30. The molecule has 4 rings (SSSR count). The smallest absolute Gasteiger partial charge is 0.238 e. The maximum Gasteiger partial charge on any atom is 0.238 e. The largest absolute Gasteiger partial charge is 0.368 e. The van der Waals surface area contributed by atoms with Crippen LogP contribution in [0.3, 0.4) is 0 Å². The van der Waals surface area contributed by atoms with Gasteiger partial charge in [0.05, 0.1) is 10.8 Å². The van der Waals surface area contributed by atoms with Crippen molar-refractivity contribution in [1.29, 1.82) is 0 Å². The molecule has 0 saturated carbocycles. The van der Waals surface area contributed by atoms with E-state index in [9.17, 15) is 4.79 Å². The Morgan fingerprint density at radius 1 is 0.857 bits per heavy atom. The number of amides is 1. The predicted molar refractivity (Wildman–Crippen MR) is 111 cm³/mol. The predicted octanol–water partition coefficient (Wildman–Crippen LogP) is 3.95. The summed E-state index contributed by atoms with van der Waals surface area (Å²) in [7, 11) is 0. The van der Waals surface area contributed by atoms with Crippen LogP contribution < -0.4 is 11.1 Å². The van der Waals surface area contributed by atoms with Gasteiger partial charge in [0.2, 0.25) is 11.9 Å². The summed E-state index contributed by atoms with van der Waals surface area (Å²) in [5.74, 6) is -0.336. The Labute approximate surface area is 166 Å². The number of nitrogens with zero attached hydrogens (tertiary/aromatic N) is 3. The lowest BCUT2D eigenvalue weighted by molar-refractivity contribution is -0.116. The second-order valence-corrected chi connectivity index (χ2v) is 7.13. The van der Waals surface area contributed by atoms with Gasteiger partial charge in [-0.15, -0.1) is 0 Å². The van der Waals surface area contributed by atoms with E-state index in [0.717, 1.165) is 21.6 Å². The third kappa shape index (κ3) is 3.89. The molecule has 2 aromatic heterocycles. The molecule has 28 heavy (non-hydrogen) atoms. The van der Waals surface area contributed by atoms with Crippen molar-refractivity contribution in [3.63, 3.8) is 0 Å². The van der Waals surface area contributed by atoms with Crippen molar-refractivity contribution >= 4 is 28.3 Å². The summed E-state index contributed by atoms with van der Waals surface area (Å²) < 4.78 is 0. The van der Waals surface area contributed by atoms with Gasteiger partial charge in [0, 0.05) is 24.2 Å². The summed E-state index contributed by atoms with van der Waals surface area (Å²) in [6.45, 7) is 0. The first kappa shape index (κ1) is 17.8. The molecule has 0 fully saturated rings. The lowest BCUT2D eigenvalue weighted by atomic mass is 9.90. The van der Waals surface area contributed by atoms with E-state index >= 15 is 0 Å². The summed E-state index contributed by atoms with van der Waals surface area (Å²) in [6, 6.07) is 19.4. The van der Waals surface area contributed by atoms with Crippen LogP contribution in [0.15, 0.2) is 79.3 Å². The second-order valence-electron chi connectivity index (χ2n) is 6.10. The first-order chi connectivity index (χ1) is 13.7. The van der Waals surface area contributed by atoms with Gasteiger partial charge in [-0.1, -0.05) is 72.0 Å². The van der Waals surface area contributed by atoms with Gasteiger partial charge in [0.15, 0.2) is 5.13 Å².